The Kier molecular flexibility index (Phi) is 3.79. The summed E-state index contributed by atoms with van der Waals surface area (Å²) in [4.78, 5) is 11.7. The van der Waals surface area contributed by atoms with Crippen LogP contribution in [-0.4, -0.2) is 15.7 Å². The standard InChI is InChI=1S/C15H13N3O/c1-3-12-5-4-6-13(11-12)17-15(19)8-7-14-9-10-16-18(14)2/h1,4-11H,2H3,(H,17,19). The molecule has 19 heavy (non-hydrogen) atoms. The Morgan fingerprint density at radius 1 is 1.47 bits per heavy atom. The lowest BCUT2D eigenvalue weighted by atomic mass is 10.2. The second-order valence-corrected chi connectivity index (χ2v) is 3.93. The molecule has 1 N–H and O–H groups in total. The van der Waals surface area contributed by atoms with E-state index < -0.39 is 0 Å². The number of amides is 1. The number of hydrogen-bond acceptors (Lipinski definition) is 2. The zero-order chi connectivity index (χ0) is 13.7. The van der Waals surface area contributed by atoms with E-state index >= 15 is 0 Å². The van der Waals surface area contributed by atoms with Crippen molar-refractivity contribution in [3.05, 3.63) is 53.9 Å². The highest BCUT2D eigenvalue weighted by atomic mass is 16.1. The summed E-state index contributed by atoms with van der Waals surface area (Å²) < 4.78 is 1.68. The molecule has 0 radical (unpaired) electrons. The van der Waals surface area contributed by atoms with Crippen LogP contribution in [0.3, 0.4) is 0 Å². The van der Waals surface area contributed by atoms with Gasteiger partial charge in [-0.15, -0.1) is 6.42 Å². The van der Waals surface area contributed by atoms with Gasteiger partial charge < -0.3 is 5.32 Å². The molecule has 0 saturated heterocycles. The lowest BCUT2D eigenvalue weighted by molar-refractivity contribution is -0.111. The number of nitrogens with zero attached hydrogens (tertiary/aromatic N) is 2. The molecule has 2 rings (SSSR count). The van der Waals surface area contributed by atoms with Crippen molar-refractivity contribution in [3.63, 3.8) is 0 Å². The van der Waals surface area contributed by atoms with E-state index in [1.807, 2.05) is 13.1 Å². The number of anilines is 1. The number of carbonyl (C=O) groups excluding carboxylic acids is 1. The van der Waals surface area contributed by atoms with Crippen LogP contribution in [0.4, 0.5) is 5.69 Å². The SMILES string of the molecule is C#Cc1cccc(NC(=O)C=Cc2ccnn2C)c1. The number of nitrogens with one attached hydrogen (secondary N) is 1. The van der Waals surface area contributed by atoms with Crippen molar-refractivity contribution in [3.8, 4) is 12.3 Å². The van der Waals surface area contributed by atoms with E-state index in [9.17, 15) is 4.79 Å². The second-order valence-electron chi connectivity index (χ2n) is 3.93. The van der Waals surface area contributed by atoms with Gasteiger partial charge in [0.05, 0.1) is 5.69 Å². The van der Waals surface area contributed by atoms with Gasteiger partial charge in [0.25, 0.3) is 0 Å². The molecule has 2 aromatic rings. The van der Waals surface area contributed by atoms with Crippen LogP contribution >= 0.6 is 0 Å². The molecule has 0 aliphatic carbocycles. The fraction of sp³-hybridized carbons (Fsp3) is 0.0667. The zero-order valence-corrected chi connectivity index (χ0v) is 10.5. The molecular formula is C15H13N3O. The van der Waals surface area contributed by atoms with Gasteiger partial charge in [-0.3, -0.25) is 9.48 Å². The van der Waals surface area contributed by atoms with Gasteiger partial charge in [-0.2, -0.15) is 5.10 Å². The van der Waals surface area contributed by atoms with Crippen LogP contribution in [0.25, 0.3) is 6.08 Å². The van der Waals surface area contributed by atoms with Crippen molar-refractivity contribution < 1.29 is 4.79 Å². The topological polar surface area (TPSA) is 46.9 Å². The Morgan fingerprint density at radius 2 is 2.32 bits per heavy atom. The molecule has 1 aromatic heterocycles. The Morgan fingerprint density at radius 3 is 3.00 bits per heavy atom. The third kappa shape index (κ3) is 3.33. The van der Waals surface area contributed by atoms with Crippen LogP contribution in [0.15, 0.2) is 42.6 Å². The first-order valence-electron chi connectivity index (χ1n) is 5.73. The van der Waals surface area contributed by atoms with Gasteiger partial charge in [0.15, 0.2) is 0 Å². The largest absolute Gasteiger partial charge is 0.322 e. The molecule has 4 heteroatoms. The van der Waals surface area contributed by atoms with E-state index in [1.165, 1.54) is 6.08 Å². The Balaban J connectivity index is 2.04. The summed E-state index contributed by atoms with van der Waals surface area (Å²) in [7, 11) is 1.81. The summed E-state index contributed by atoms with van der Waals surface area (Å²) in [6.07, 6.45) is 10.1. The lowest BCUT2D eigenvalue weighted by Gasteiger charge is -2.02. The minimum absolute atomic E-state index is 0.213. The van der Waals surface area contributed by atoms with Crippen molar-refractivity contribution in [1.82, 2.24) is 9.78 Å². The Labute approximate surface area is 111 Å². The zero-order valence-electron chi connectivity index (χ0n) is 10.5. The number of rotatable bonds is 3. The van der Waals surface area contributed by atoms with E-state index in [-0.39, 0.29) is 5.91 Å². The van der Waals surface area contributed by atoms with Gasteiger partial charge >= 0.3 is 0 Å². The molecule has 0 fully saturated rings. The third-order valence-electron chi connectivity index (χ3n) is 2.56. The van der Waals surface area contributed by atoms with Crippen molar-refractivity contribution >= 4 is 17.7 Å². The van der Waals surface area contributed by atoms with Crippen LogP contribution < -0.4 is 5.32 Å². The summed E-state index contributed by atoms with van der Waals surface area (Å²) >= 11 is 0. The minimum atomic E-state index is -0.213. The number of aromatic nitrogens is 2. The Hall–Kier alpha value is -2.80. The summed E-state index contributed by atoms with van der Waals surface area (Å²) in [6, 6.07) is 8.96. The molecular weight excluding hydrogens is 238 g/mol. The molecule has 1 heterocycles. The average Bonchev–Trinajstić information content (AvgIpc) is 2.82. The van der Waals surface area contributed by atoms with Crippen molar-refractivity contribution in [2.45, 2.75) is 0 Å². The summed E-state index contributed by atoms with van der Waals surface area (Å²) in [5, 5.41) is 6.76. The van der Waals surface area contributed by atoms with Crippen molar-refractivity contribution in [2.24, 2.45) is 7.05 Å². The van der Waals surface area contributed by atoms with E-state index in [4.69, 9.17) is 6.42 Å². The molecule has 0 bridgehead atoms. The fourth-order valence-corrected chi connectivity index (χ4v) is 1.58. The Bertz CT molecular complexity index is 662. The monoisotopic (exact) mass is 251 g/mol. The fourth-order valence-electron chi connectivity index (χ4n) is 1.58. The molecule has 4 nitrogen and oxygen atoms in total. The highest BCUT2D eigenvalue weighted by Crippen LogP contribution is 2.10. The van der Waals surface area contributed by atoms with Crippen molar-refractivity contribution in [1.29, 1.82) is 0 Å². The molecule has 1 aromatic carbocycles. The smallest absolute Gasteiger partial charge is 0.248 e. The first-order valence-corrected chi connectivity index (χ1v) is 5.73. The second kappa shape index (κ2) is 5.69. The lowest BCUT2D eigenvalue weighted by Crippen LogP contribution is -2.08. The number of carbonyl (C=O) groups is 1. The van der Waals surface area contributed by atoms with Crippen LogP contribution in [-0.2, 0) is 11.8 Å². The summed E-state index contributed by atoms with van der Waals surface area (Å²) in [5.41, 5.74) is 2.26. The molecule has 1 amide bonds. The van der Waals surface area contributed by atoms with E-state index in [1.54, 1.807) is 41.2 Å². The maximum Gasteiger partial charge on any atom is 0.248 e. The van der Waals surface area contributed by atoms with Gasteiger partial charge in [-0.05, 0) is 30.3 Å². The van der Waals surface area contributed by atoms with E-state index in [2.05, 4.69) is 16.3 Å². The maximum absolute atomic E-state index is 11.7. The first-order chi connectivity index (χ1) is 9.19. The highest BCUT2D eigenvalue weighted by molar-refractivity contribution is 6.01. The van der Waals surface area contributed by atoms with Gasteiger partial charge in [-0.1, -0.05) is 12.0 Å². The van der Waals surface area contributed by atoms with Crippen LogP contribution in [0.2, 0.25) is 0 Å². The highest BCUT2D eigenvalue weighted by Gasteiger charge is 1.99. The quantitative estimate of drug-likeness (QED) is 0.670. The van der Waals surface area contributed by atoms with E-state index in [0.717, 1.165) is 11.3 Å². The molecule has 94 valence electrons. The summed E-state index contributed by atoms with van der Waals surface area (Å²) in [6.45, 7) is 0. The molecule has 0 atom stereocenters. The van der Waals surface area contributed by atoms with Crippen LogP contribution in [0.5, 0.6) is 0 Å². The van der Waals surface area contributed by atoms with Gasteiger partial charge in [0.2, 0.25) is 5.91 Å². The minimum Gasteiger partial charge on any atom is -0.322 e. The van der Waals surface area contributed by atoms with Crippen LogP contribution in [0.1, 0.15) is 11.3 Å². The number of terminal acetylenes is 1. The molecule has 0 unspecified atom stereocenters. The molecule has 0 spiro atoms. The summed E-state index contributed by atoms with van der Waals surface area (Å²) in [5.74, 6) is 2.31. The first kappa shape index (κ1) is 12.7. The molecule has 0 aliphatic heterocycles. The van der Waals surface area contributed by atoms with Gasteiger partial charge in [0, 0.05) is 30.6 Å². The predicted molar refractivity (Wildman–Crippen MR) is 75.2 cm³/mol. The predicted octanol–water partition coefficient (Wildman–Crippen LogP) is 2.05. The normalized spacial score (nSPS) is 10.3. The van der Waals surface area contributed by atoms with E-state index in [0.29, 0.717) is 5.69 Å². The maximum atomic E-state index is 11.7. The van der Waals surface area contributed by atoms with Gasteiger partial charge in [-0.25, -0.2) is 0 Å². The van der Waals surface area contributed by atoms with Gasteiger partial charge in [0.1, 0.15) is 0 Å². The number of aryl methyl sites for hydroxylation is 1. The number of benzene rings is 1. The van der Waals surface area contributed by atoms with Crippen molar-refractivity contribution in [2.75, 3.05) is 5.32 Å². The molecule has 0 saturated carbocycles. The van der Waals surface area contributed by atoms with Crippen LogP contribution in [0, 0.1) is 12.3 Å². The molecule has 0 aliphatic rings. The third-order valence-corrected chi connectivity index (χ3v) is 2.56. The number of hydrogen-bond donors (Lipinski definition) is 1. The average molecular weight is 251 g/mol.